The van der Waals surface area contributed by atoms with E-state index in [1.165, 1.54) is 15.3 Å². The van der Waals surface area contributed by atoms with Gasteiger partial charge in [0.25, 0.3) is 0 Å². The molecule has 20 heteroatoms. The van der Waals surface area contributed by atoms with Crippen molar-refractivity contribution in [3.63, 3.8) is 0 Å². The third kappa shape index (κ3) is 26.0. The quantitative estimate of drug-likeness (QED) is 0.121. The molecule has 0 unspecified atom stereocenters. The Kier molecular flexibility index (Phi) is 27.4. The van der Waals surface area contributed by atoms with Crippen molar-refractivity contribution in [3.8, 4) is 21.0 Å². The van der Waals surface area contributed by atoms with E-state index in [1.54, 1.807) is 22.7 Å². The van der Waals surface area contributed by atoms with Gasteiger partial charge in [-0.05, 0) is 62.7 Å². The predicted molar refractivity (Wildman–Crippen MR) is 172 cm³/mol. The summed E-state index contributed by atoms with van der Waals surface area (Å²) < 4.78 is 0. The summed E-state index contributed by atoms with van der Waals surface area (Å²) in [6.45, 7) is 4.56. The van der Waals surface area contributed by atoms with Crippen molar-refractivity contribution in [2.24, 2.45) is 0 Å². The van der Waals surface area contributed by atoms with Gasteiger partial charge in [0.2, 0.25) is 0 Å². The first-order valence-electron chi connectivity index (χ1n) is 14.1. The van der Waals surface area contributed by atoms with Gasteiger partial charge in [0, 0.05) is 36.7 Å². The van der Waals surface area contributed by atoms with Crippen LogP contribution in [0.15, 0.2) is 53.4 Å². The number of carbonyl (C=O) groups is 12. The molecule has 1 radical (unpaired) electrons. The topological polar surface area (TPSA) is 310 Å². The average Bonchev–Trinajstić information content (AvgIpc) is 3.76. The number of carbonyl (C=O) groups excluding carboxylic acids is 12. The van der Waals surface area contributed by atoms with Gasteiger partial charge in [0.1, 0.15) is 47.0 Å². The molecule has 0 saturated heterocycles. The molecule has 3 rings (SSSR count). The van der Waals surface area contributed by atoms with Crippen LogP contribution in [0.1, 0.15) is 53.4 Å². The third-order valence-electron chi connectivity index (χ3n) is 4.90. The summed E-state index contributed by atoms with van der Waals surface area (Å²) in [5.41, 5.74) is 2.31. The summed E-state index contributed by atoms with van der Waals surface area (Å²) in [5.74, 6) is -13.7. The molecule has 0 N–H and O–H groups in total. The second-order valence-electron chi connectivity index (χ2n) is 9.71. The van der Waals surface area contributed by atoms with Crippen LogP contribution in [0.5, 0.6) is 0 Å². The number of ketones is 8. The largest absolute Gasteiger partial charge is 0.542 e. The van der Waals surface area contributed by atoms with Crippen molar-refractivity contribution < 1.29 is 98.1 Å². The zero-order chi connectivity index (χ0) is 40.6. The molecule has 3 heterocycles. The monoisotopic (exact) mass is 952 g/mol. The van der Waals surface area contributed by atoms with Crippen molar-refractivity contribution >= 4 is 92.8 Å². The van der Waals surface area contributed by atoms with Crippen molar-refractivity contribution in [3.05, 3.63) is 53.4 Å². The molecular weight excluding hydrogens is 923 g/mol. The van der Waals surface area contributed by atoms with E-state index >= 15 is 0 Å². The van der Waals surface area contributed by atoms with Crippen LogP contribution in [-0.4, -0.2) is 75.1 Å². The maximum Gasteiger partial charge on any atom is 0.185 e. The van der Waals surface area contributed by atoms with Crippen LogP contribution >= 0.6 is 22.7 Å². The average molecular weight is 952 g/mol. The van der Waals surface area contributed by atoms with Gasteiger partial charge in [-0.25, -0.2) is 0 Å². The summed E-state index contributed by atoms with van der Waals surface area (Å²) >= 11 is 3.48. The van der Waals surface area contributed by atoms with Crippen molar-refractivity contribution in [1.29, 1.82) is 0 Å². The second-order valence-corrected chi connectivity index (χ2v) is 11.6. The summed E-state index contributed by atoms with van der Waals surface area (Å²) in [5, 5.41) is 42.7. The molecule has 0 saturated carbocycles. The predicted octanol–water partition coefficient (Wildman–Crippen LogP) is -2.33. The Balaban J connectivity index is -0.000000607. The van der Waals surface area contributed by atoms with E-state index in [-0.39, 0.29) is 20.1 Å². The van der Waals surface area contributed by atoms with Gasteiger partial charge in [0.15, 0.2) is 23.1 Å². The van der Waals surface area contributed by atoms with E-state index < -0.39 is 95.8 Å². The number of thiophene rings is 2. The zero-order valence-corrected chi connectivity index (χ0v) is 32.2. The van der Waals surface area contributed by atoms with Gasteiger partial charge in [-0.2, -0.15) is 0 Å². The number of carboxylic acid groups (broad SMARTS) is 4. The van der Waals surface area contributed by atoms with Gasteiger partial charge < -0.3 is 39.6 Å². The molecule has 287 valence electrons. The SMILES string of the molecule is CC(=O)CC(=O)C(=O)[O-].CC(=O)CC(=O)C(=O)[O-].CC(=O)CC(=O)C(=O)[O-].CC(=O)CC(=O)C(=O)[O-].[Ir].c1csc(-c2cccnc2-c2cccs2)c1. The molecule has 0 aliphatic heterocycles. The molecule has 0 aliphatic rings. The Morgan fingerprint density at radius 3 is 1.02 bits per heavy atom. The Morgan fingerprint density at radius 2 is 0.792 bits per heavy atom. The Hall–Kier alpha value is -5.56. The minimum absolute atomic E-state index is 0. The molecule has 17 nitrogen and oxygen atoms in total. The van der Waals surface area contributed by atoms with E-state index in [9.17, 15) is 78.0 Å². The molecule has 0 spiro atoms. The van der Waals surface area contributed by atoms with Crippen LogP contribution in [0.2, 0.25) is 0 Å². The fraction of sp³-hybridized carbons (Fsp3) is 0.242. The molecule has 0 amide bonds. The van der Waals surface area contributed by atoms with Gasteiger partial charge in [-0.15, -0.1) is 22.7 Å². The standard InChI is InChI=1S/C13H9NS2.4C5H6O4.Ir/c1-4-10(11-5-2-8-15-11)13(14-7-1)12-6-3-9-16-12;4*1-3(6)2-4(7)5(8)9;/h1-9H;4*2H2,1H3,(H,8,9);/p-4. The fourth-order valence-corrected chi connectivity index (χ4v) is 4.33. The van der Waals surface area contributed by atoms with Crippen LogP contribution in [0.4, 0.5) is 0 Å². The number of rotatable bonds is 14. The van der Waals surface area contributed by atoms with Crippen molar-refractivity contribution in [2.45, 2.75) is 53.4 Å². The minimum atomic E-state index is -1.80. The van der Waals surface area contributed by atoms with Crippen LogP contribution in [-0.2, 0) is 77.6 Å². The molecule has 3 aromatic heterocycles. The molecule has 0 atom stereocenters. The summed E-state index contributed by atoms with van der Waals surface area (Å²) in [6, 6.07) is 12.5. The molecule has 0 fully saturated rings. The Bertz CT molecular complexity index is 1580. The number of hydrogen-bond acceptors (Lipinski definition) is 19. The van der Waals surface area contributed by atoms with Crippen LogP contribution < -0.4 is 20.4 Å². The van der Waals surface area contributed by atoms with Crippen LogP contribution in [0, 0.1) is 0 Å². The number of Topliss-reactive ketones (excluding diaryl/α,β-unsaturated/α-hetero) is 8. The van der Waals surface area contributed by atoms with Crippen molar-refractivity contribution in [1.82, 2.24) is 4.98 Å². The van der Waals surface area contributed by atoms with Crippen LogP contribution in [0.3, 0.4) is 0 Å². The maximum absolute atomic E-state index is 10.1. The van der Waals surface area contributed by atoms with E-state index in [4.69, 9.17) is 0 Å². The number of aromatic nitrogens is 1. The number of pyridine rings is 1. The first kappa shape index (κ1) is 51.8. The molecular formula is C33H29IrNO16S2-4. The molecule has 0 bridgehead atoms. The van der Waals surface area contributed by atoms with E-state index in [0.717, 1.165) is 33.4 Å². The number of carboxylic acids is 4. The normalized spacial score (nSPS) is 8.98. The second kappa shape index (κ2) is 28.1. The van der Waals surface area contributed by atoms with Crippen molar-refractivity contribution in [2.75, 3.05) is 0 Å². The summed E-state index contributed by atoms with van der Waals surface area (Å²) in [4.78, 5) is 126. The fourth-order valence-electron chi connectivity index (χ4n) is 2.84. The Labute approximate surface area is 322 Å². The molecule has 0 aliphatic carbocycles. The van der Waals surface area contributed by atoms with E-state index in [0.29, 0.717) is 0 Å². The smallest absolute Gasteiger partial charge is 0.185 e. The van der Waals surface area contributed by atoms with Gasteiger partial charge in [0.05, 0.1) is 36.3 Å². The minimum Gasteiger partial charge on any atom is -0.542 e. The number of nitrogens with zero attached hydrogens (tertiary/aromatic N) is 1. The maximum atomic E-state index is 10.1. The van der Waals surface area contributed by atoms with E-state index in [1.807, 2.05) is 12.3 Å². The summed E-state index contributed by atoms with van der Waals surface area (Å²) in [7, 11) is 0. The first-order valence-corrected chi connectivity index (χ1v) is 15.8. The van der Waals surface area contributed by atoms with Gasteiger partial charge >= 0.3 is 0 Å². The van der Waals surface area contributed by atoms with Gasteiger partial charge in [-0.3, -0.25) is 43.3 Å². The zero-order valence-electron chi connectivity index (χ0n) is 28.2. The summed E-state index contributed by atoms with van der Waals surface area (Å²) in [6.07, 6.45) is -0.415. The van der Waals surface area contributed by atoms with E-state index in [2.05, 4.69) is 46.1 Å². The number of hydrogen-bond donors (Lipinski definition) is 0. The Morgan fingerprint density at radius 1 is 0.491 bits per heavy atom. The molecule has 0 aromatic carbocycles. The van der Waals surface area contributed by atoms with Gasteiger partial charge in [-0.1, -0.05) is 12.1 Å². The molecule has 3 aromatic rings. The first-order chi connectivity index (χ1) is 24.1. The number of aliphatic carboxylic acids is 4. The van der Waals surface area contributed by atoms with Crippen LogP contribution in [0.25, 0.3) is 21.0 Å². The molecule has 53 heavy (non-hydrogen) atoms. The third-order valence-corrected chi connectivity index (χ3v) is 6.68.